The van der Waals surface area contributed by atoms with Crippen LogP contribution in [0, 0.1) is 29.5 Å². The zero-order valence-electron chi connectivity index (χ0n) is 12.0. The Hall–Kier alpha value is -2.17. The van der Waals surface area contributed by atoms with Crippen LogP contribution in [0.3, 0.4) is 0 Å². The van der Waals surface area contributed by atoms with Crippen molar-refractivity contribution in [3.05, 3.63) is 47.8 Å². The summed E-state index contributed by atoms with van der Waals surface area (Å²) in [6.07, 6.45) is 5.62. The molecule has 1 aromatic rings. The molecule has 0 unspecified atom stereocenters. The number of nitrogens with one attached hydrogen (secondary N) is 1. The zero-order chi connectivity index (χ0) is 15.7. The van der Waals surface area contributed by atoms with Gasteiger partial charge in [0.1, 0.15) is 5.82 Å². The summed E-state index contributed by atoms with van der Waals surface area (Å²) in [4.78, 5) is 24.0. The quantitative estimate of drug-likeness (QED) is 0.839. The van der Waals surface area contributed by atoms with Crippen LogP contribution < -0.4 is 5.32 Å². The lowest BCUT2D eigenvalue weighted by molar-refractivity contribution is -0.153. The van der Waals surface area contributed by atoms with Crippen molar-refractivity contribution >= 4 is 11.9 Å². The predicted octanol–water partition coefficient (Wildman–Crippen LogP) is 2.35. The monoisotopic (exact) mass is 303 g/mol. The lowest BCUT2D eigenvalue weighted by atomic mass is 9.62. The van der Waals surface area contributed by atoms with E-state index in [2.05, 4.69) is 5.32 Å². The molecule has 0 spiro atoms. The molecule has 0 heterocycles. The molecule has 5 heteroatoms. The van der Waals surface area contributed by atoms with E-state index in [0.717, 1.165) is 18.4 Å². The van der Waals surface area contributed by atoms with Crippen LogP contribution in [-0.4, -0.2) is 17.0 Å². The first-order valence-electron chi connectivity index (χ1n) is 7.49. The van der Waals surface area contributed by atoms with Gasteiger partial charge in [0.05, 0.1) is 11.8 Å². The molecule has 1 fully saturated rings. The molecule has 4 atom stereocenters. The zero-order valence-corrected chi connectivity index (χ0v) is 12.0. The molecule has 2 N–H and O–H groups in total. The smallest absolute Gasteiger partial charge is 0.307 e. The molecule has 116 valence electrons. The van der Waals surface area contributed by atoms with Gasteiger partial charge in [-0.1, -0.05) is 24.3 Å². The number of benzene rings is 1. The Labute approximate surface area is 128 Å². The molecule has 1 amide bonds. The van der Waals surface area contributed by atoms with Gasteiger partial charge in [-0.25, -0.2) is 4.39 Å². The van der Waals surface area contributed by atoms with Gasteiger partial charge in [-0.3, -0.25) is 9.59 Å². The Morgan fingerprint density at radius 3 is 2.23 bits per heavy atom. The maximum Gasteiger partial charge on any atom is 0.307 e. The Balaban J connectivity index is 1.69. The van der Waals surface area contributed by atoms with Gasteiger partial charge in [-0.05, 0) is 42.4 Å². The number of allylic oxidation sites excluding steroid dienone is 2. The van der Waals surface area contributed by atoms with Gasteiger partial charge in [0.15, 0.2) is 0 Å². The lowest BCUT2D eigenvalue weighted by Crippen LogP contribution is -2.48. The minimum absolute atomic E-state index is 0.000632. The Morgan fingerprint density at radius 2 is 1.68 bits per heavy atom. The van der Waals surface area contributed by atoms with Gasteiger partial charge >= 0.3 is 5.97 Å². The van der Waals surface area contributed by atoms with Crippen molar-refractivity contribution in [3.8, 4) is 0 Å². The van der Waals surface area contributed by atoms with Crippen LogP contribution in [-0.2, 0) is 16.1 Å². The van der Waals surface area contributed by atoms with E-state index in [4.69, 9.17) is 0 Å². The molecule has 0 saturated heterocycles. The van der Waals surface area contributed by atoms with Crippen LogP contribution >= 0.6 is 0 Å². The van der Waals surface area contributed by atoms with Crippen LogP contribution in [0.5, 0.6) is 0 Å². The van der Waals surface area contributed by atoms with E-state index in [9.17, 15) is 19.1 Å². The van der Waals surface area contributed by atoms with Crippen LogP contribution in [0.4, 0.5) is 4.39 Å². The van der Waals surface area contributed by atoms with Gasteiger partial charge in [-0.15, -0.1) is 0 Å². The van der Waals surface area contributed by atoms with E-state index in [1.807, 2.05) is 12.2 Å². The highest BCUT2D eigenvalue weighted by Crippen LogP contribution is 2.45. The molecule has 1 saturated carbocycles. The Morgan fingerprint density at radius 1 is 1.09 bits per heavy atom. The summed E-state index contributed by atoms with van der Waals surface area (Å²) in [5.41, 5.74) is 0.790. The second kappa shape index (κ2) is 5.91. The summed E-state index contributed by atoms with van der Waals surface area (Å²) in [6, 6.07) is 5.90. The topological polar surface area (TPSA) is 66.4 Å². The fourth-order valence-corrected chi connectivity index (χ4v) is 3.60. The van der Waals surface area contributed by atoms with Crippen molar-refractivity contribution in [3.63, 3.8) is 0 Å². The molecular weight excluding hydrogens is 285 g/mol. The van der Waals surface area contributed by atoms with Crippen molar-refractivity contribution in [1.82, 2.24) is 5.32 Å². The number of hydrogen-bond donors (Lipinski definition) is 2. The molecule has 1 aromatic carbocycles. The van der Waals surface area contributed by atoms with Gasteiger partial charge in [0.25, 0.3) is 0 Å². The number of fused-ring (bicyclic) bond motifs is 2. The van der Waals surface area contributed by atoms with E-state index >= 15 is 0 Å². The molecule has 0 aliphatic heterocycles. The second-order valence-electron chi connectivity index (χ2n) is 6.02. The van der Waals surface area contributed by atoms with Gasteiger partial charge in [0, 0.05) is 6.54 Å². The van der Waals surface area contributed by atoms with E-state index < -0.39 is 17.8 Å². The first-order valence-corrected chi connectivity index (χ1v) is 7.49. The standard InChI is InChI=1S/C17H18FNO3/c18-13-7-1-10(2-8-13)9-19-16(20)14-11-3-5-12(6-4-11)15(14)17(21)22/h1-3,5,7-8,11-12,14-15H,4,6,9H2,(H,19,20)(H,21,22)/t11-,12+,14-,15+/m0/s1. The number of aliphatic carboxylic acids is 1. The predicted molar refractivity (Wildman–Crippen MR) is 78.2 cm³/mol. The first-order chi connectivity index (χ1) is 10.6. The number of carboxylic acids is 1. The SMILES string of the molecule is O=C(NCc1ccc(F)cc1)[C@@H]1[C@H](C(=O)O)[C@@H]2C=C[C@H]1CC2. The Bertz CT molecular complexity index is 611. The maximum atomic E-state index is 12.9. The minimum Gasteiger partial charge on any atom is -0.481 e. The number of rotatable bonds is 4. The largest absolute Gasteiger partial charge is 0.481 e. The van der Waals surface area contributed by atoms with Crippen LogP contribution in [0.25, 0.3) is 0 Å². The average molecular weight is 303 g/mol. The summed E-state index contributed by atoms with van der Waals surface area (Å²) >= 11 is 0. The highest BCUT2D eigenvalue weighted by Gasteiger charge is 2.47. The number of carbonyl (C=O) groups is 2. The molecular formula is C17H18FNO3. The van der Waals surface area contributed by atoms with Gasteiger partial charge in [-0.2, -0.15) is 0 Å². The second-order valence-corrected chi connectivity index (χ2v) is 6.02. The number of carboxylic acid groups (broad SMARTS) is 1. The molecule has 0 radical (unpaired) electrons. The van der Waals surface area contributed by atoms with Crippen LogP contribution in [0.1, 0.15) is 18.4 Å². The Kier molecular flexibility index (Phi) is 3.96. The summed E-state index contributed by atoms with van der Waals surface area (Å²) in [6.45, 7) is 0.281. The first kappa shape index (κ1) is 14.8. The number of carbonyl (C=O) groups excluding carboxylic acids is 1. The fourth-order valence-electron chi connectivity index (χ4n) is 3.60. The van der Waals surface area contributed by atoms with E-state index in [0.29, 0.717) is 0 Å². The molecule has 0 aromatic heterocycles. The minimum atomic E-state index is -0.902. The summed E-state index contributed by atoms with van der Waals surface area (Å²) < 4.78 is 12.9. The van der Waals surface area contributed by atoms with Crippen molar-refractivity contribution in [2.75, 3.05) is 0 Å². The molecule has 4 nitrogen and oxygen atoms in total. The fraction of sp³-hybridized carbons (Fsp3) is 0.412. The van der Waals surface area contributed by atoms with Gasteiger partial charge in [0.2, 0.25) is 5.91 Å². The molecule has 2 bridgehead atoms. The third-order valence-electron chi connectivity index (χ3n) is 4.72. The summed E-state index contributed by atoms with van der Waals surface area (Å²) in [5.74, 6) is -2.66. The van der Waals surface area contributed by atoms with E-state index in [1.54, 1.807) is 12.1 Å². The third-order valence-corrected chi connectivity index (χ3v) is 4.72. The number of halogens is 1. The lowest BCUT2D eigenvalue weighted by Gasteiger charge is -2.41. The molecule has 3 aliphatic carbocycles. The average Bonchev–Trinajstić information content (AvgIpc) is 2.54. The van der Waals surface area contributed by atoms with Crippen molar-refractivity contribution in [1.29, 1.82) is 0 Å². The summed E-state index contributed by atoms with van der Waals surface area (Å²) in [5, 5.41) is 12.2. The van der Waals surface area contributed by atoms with Crippen molar-refractivity contribution in [2.24, 2.45) is 23.7 Å². The maximum absolute atomic E-state index is 12.9. The van der Waals surface area contributed by atoms with E-state index in [1.165, 1.54) is 12.1 Å². The highest BCUT2D eigenvalue weighted by atomic mass is 19.1. The number of hydrogen-bond acceptors (Lipinski definition) is 2. The van der Waals surface area contributed by atoms with Crippen molar-refractivity contribution < 1.29 is 19.1 Å². The van der Waals surface area contributed by atoms with Gasteiger partial charge < -0.3 is 10.4 Å². The molecule has 22 heavy (non-hydrogen) atoms. The van der Waals surface area contributed by atoms with E-state index in [-0.39, 0.29) is 30.1 Å². The van der Waals surface area contributed by atoms with Crippen LogP contribution in [0.2, 0.25) is 0 Å². The molecule has 3 aliphatic rings. The normalized spacial score (nSPS) is 29.3. The molecule has 4 rings (SSSR count). The highest BCUT2D eigenvalue weighted by molar-refractivity contribution is 5.86. The third kappa shape index (κ3) is 2.75. The van der Waals surface area contributed by atoms with Crippen molar-refractivity contribution in [2.45, 2.75) is 19.4 Å². The number of amides is 1. The van der Waals surface area contributed by atoms with Crippen LogP contribution in [0.15, 0.2) is 36.4 Å². The summed E-state index contributed by atoms with van der Waals surface area (Å²) in [7, 11) is 0.